The van der Waals surface area contributed by atoms with Gasteiger partial charge in [0.05, 0.1) is 6.54 Å². The van der Waals surface area contributed by atoms with Crippen molar-refractivity contribution < 1.29 is 9.59 Å². The number of likely N-dealkylation sites (tertiary alicyclic amines) is 1. The number of piperidine rings is 1. The first-order valence-electron chi connectivity index (χ1n) is 7.76. The predicted octanol–water partition coefficient (Wildman–Crippen LogP) is 0.00220. The lowest BCUT2D eigenvalue weighted by molar-refractivity contribution is -0.129. The Labute approximate surface area is 119 Å². The number of rotatable bonds is 5. The average Bonchev–Trinajstić information content (AvgIpc) is 3.18. The minimum Gasteiger partial charge on any atom is -0.336 e. The summed E-state index contributed by atoms with van der Waals surface area (Å²) in [5.74, 6) is 0.854. The molecule has 20 heavy (non-hydrogen) atoms. The van der Waals surface area contributed by atoms with Gasteiger partial charge in [0.2, 0.25) is 5.91 Å². The van der Waals surface area contributed by atoms with Crippen molar-refractivity contribution in [3.63, 3.8) is 0 Å². The van der Waals surface area contributed by atoms with Crippen molar-refractivity contribution in [3.8, 4) is 0 Å². The van der Waals surface area contributed by atoms with E-state index >= 15 is 0 Å². The zero-order valence-corrected chi connectivity index (χ0v) is 11.9. The molecular weight excluding hydrogens is 256 g/mol. The Balaban J connectivity index is 1.37. The molecule has 2 saturated heterocycles. The Morgan fingerprint density at radius 2 is 1.95 bits per heavy atom. The Bertz CT molecular complexity index is 375. The van der Waals surface area contributed by atoms with Crippen LogP contribution in [0.25, 0.3) is 0 Å². The van der Waals surface area contributed by atoms with Gasteiger partial charge in [0, 0.05) is 32.2 Å². The Morgan fingerprint density at radius 1 is 1.20 bits per heavy atom. The van der Waals surface area contributed by atoms with Gasteiger partial charge in [-0.2, -0.15) is 0 Å². The summed E-state index contributed by atoms with van der Waals surface area (Å²) < 4.78 is 0. The minimum atomic E-state index is -0.240. The van der Waals surface area contributed by atoms with Gasteiger partial charge < -0.3 is 10.6 Å². The summed E-state index contributed by atoms with van der Waals surface area (Å²) in [5, 5.41) is 6.30. The van der Waals surface area contributed by atoms with Crippen LogP contribution in [0.5, 0.6) is 0 Å². The third-order valence-electron chi connectivity index (χ3n) is 4.50. The second-order valence-electron chi connectivity index (χ2n) is 6.18. The first-order valence-corrected chi connectivity index (χ1v) is 7.76. The van der Waals surface area contributed by atoms with E-state index in [9.17, 15) is 9.59 Å². The molecule has 0 radical (unpaired) electrons. The lowest BCUT2D eigenvalue weighted by Crippen LogP contribution is -2.47. The van der Waals surface area contributed by atoms with Gasteiger partial charge in [-0.1, -0.05) is 0 Å². The number of nitrogens with one attached hydrogen (secondary N) is 2. The van der Waals surface area contributed by atoms with Gasteiger partial charge in [0.15, 0.2) is 0 Å². The van der Waals surface area contributed by atoms with Crippen molar-refractivity contribution in [3.05, 3.63) is 0 Å². The maximum absolute atomic E-state index is 12.0. The van der Waals surface area contributed by atoms with E-state index in [1.165, 1.54) is 17.7 Å². The van der Waals surface area contributed by atoms with E-state index in [1.807, 2.05) is 0 Å². The van der Waals surface area contributed by atoms with E-state index in [2.05, 4.69) is 15.5 Å². The molecule has 1 saturated carbocycles. The van der Waals surface area contributed by atoms with Crippen molar-refractivity contribution in [1.29, 1.82) is 0 Å². The molecular formula is C14H24N4O2. The molecule has 0 aromatic carbocycles. The standard InChI is InChI=1S/C14H24N4O2/c19-13(18-8-5-15-14(18)20)10-17-6-3-12(4-7-17)16-9-11-1-2-11/h11-12,16H,1-10H2,(H,15,20). The van der Waals surface area contributed by atoms with Gasteiger partial charge in [-0.05, 0) is 38.1 Å². The van der Waals surface area contributed by atoms with Crippen LogP contribution in [0.4, 0.5) is 4.79 Å². The van der Waals surface area contributed by atoms with Gasteiger partial charge in [0.1, 0.15) is 0 Å². The third-order valence-corrected chi connectivity index (χ3v) is 4.50. The molecule has 112 valence electrons. The van der Waals surface area contributed by atoms with Crippen LogP contribution >= 0.6 is 0 Å². The summed E-state index contributed by atoms with van der Waals surface area (Å²) in [6.07, 6.45) is 4.98. The van der Waals surface area contributed by atoms with E-state index in [1.54, 1.807) is 0 Å². The number of carbonyl (C=O) groups is 2. The topological polar surface area (TPSA) is 64.7 Å². The van der Waals surface area contributed by atoms with Gasteiger partial charge in [-0.25, -0.2) is 4.79 Å². The molecule has 0 bridgehead atoms. The Morgan fingerprint density at radius 3 is 2.55 bits per heavy atom. The molecule has 2 heterocycles. The maximum atomic E-state index is 12.0. The minimum absolute atomic E-state index is 0.0654. The molecule has 3 fully saturated rings. The quantitative estimate of drug-likeness (QED) is 0.744. The third kappa shape index (κ3) is 3.49. The number of imide groups is 1. The van der Waals surface area contributed by atoms with Crippen molar-refractivity contribution in [1.82, 2.24) is 20.4 Å². The SMILES string of the molecule is O=C(CN1CCC(NCC2CC2)CC1)N1CCNC1=O. The van der Waals surface area contributed by atoms with Crippen LogP contribution in [-0.2, 0) is 4.79 Å². The summed E-state index contributed by atoms with van der Waals surface area (Å²) in [5.41, 5.74) is 0. The molecule has 0 atom stereocenters. The first kappa shape index (κ1) is 13.8. The van der Waals surface area contributed by atoms with Crippen molar-refractivity contribution >= 4 is 11.9 Å². The number of carbonyl (C=O) groups excluding carboxylic acids is 2. The van der Waals surface area contributed by atoms with Crippen LogP contribution in [0.1, 0.15) is 25.7 Å². The van der Waals surface area contributed by atoms with E-state index < -0.39 is 0 Å². The van der Waals surface area contributed by atoms with Gasteiger partial charge >= 0.3 is 6.03 Å². The van der Waals surface area contributed by atoms with E-state index in [-0.39, 0.29) is 11.9 Å². The molecule has 6 nitrogen and oxygen atoms in total. The summed E-state index contributed by atoms with van der Waals surface area (Å²) in [7, 11) is 0. The molecule has 0 unspecified atom stereocenters. The summed E-state index contributed by atoms with van der Waals surface area (Å²) in [4.78, 5) is 27.0. The Hall–Kier alpha value is -1.14. The lowest BCUT2D eigenvalue weighted by Gasteiger charge is -2.32. The van der Waals surface area contributed by atoms with Gasteiger partial charge in [-0.15, -0.1) is 0 Å². The fourth-order valence-electron chi connectivity index (χ4n) is 2.94. The fourth-order valence-corrected chi connectivity index (χ4v) is 2.94. The molecule has 6 heteroatoms. The molecule has 3 amide bonds. The molecule has 2 N–H and O–H groups in total. The molecule has 1 aliphatic carbocycles. The lowest BCUT2D eigenvalue weighted by atomic mass is 10.0. The van der Waals surface area contributed by atoms with Crippen LogP contribution < -0.4 is 10.6 Å². The molecule has 0 spiro atoms. The summed E-state index contributed by atoms with van der Waals surface area (Å²) in [6, 6.07) is 0.369. The number of hydrogen-bond acceptors (Lipinski definition) is 4. The highest BCUT2D eigenvalue weighted by Gasteiger charge is 2.29. The smallest absolute Gasteiger partial charge is 0.324 e. The van der Waals surface area contributed by atoms with Crippen LogP contribution in [-0.4, -0.2) is 67.0 Å². The molecule has 3 rings (SSSR count). The average molecular weight is 280 g/mol. The van der Waals surface area contributed by atoms with E-state index in [0.717, 1.165) is 38.4 Å². The molecule has 2 aliphatic heterocycles. The molecule has 3 aliphatic rings. The van der Waals surface area contributed by atoms with Crippen molar-refractivity contribution in [2.24, 2.45) is 5.92 Å². The van der Waals surface area contributed by atoms with Crippen LogP contribution in [0.15, 0.2) is 0 Å². The highest BCUT2D eigenvalue weighted by atomic mass is 16.2. The molecule has 0 aromatic heterocycles. The van der Waals surface area contributed by atoms with Crippen LogP contribution in [0.2, 0.25) is 0 Å². The van der Waals surface area contributed by atoms with Crippen LogP contribution in [0, 0.1) is 5.92 Å². The number of hydrogen-bond donors (Lipinski definition) is 2. The summed E-state index contributed by atoms with van der Waals surface area (Å²) >= 11 is 0. The Kier molecular flexibility index (Phi) is 4.21. The normalized spacial score (nSPS) is 25.0. The summed E-state index contributed by atoms with van der Waals surface area (Å²) in [6.45, 7) is 4.53. The number of nitrogens with zero attached hydrogens (tertiary/aromatic N) is 2. The van der Waals surface area contributed by atoms with Crippen molar-refractivity contribution in [2.75, 3.05) is 39.3 Å². The maximum Gasteiger partial charge on any atom is 0.324 e. The number of urea groups is 1. The zero-order valence-electron chi connectivity index (χ0n) is 11.9. The fraction of sp³-hybridized carbons (Fsp3) is 0.857. The van der Waals surface area contributed by atoms with Crippen LogP contribution in [0.3, 0.4) is 0 Å². The highest BCUT2D eigenvalue weighted by Crippen LogP contribution is 2.28. The van der Waals surface area contributed by atoms with E-state index in [0.29, 0.717) is 25.7 Å². The van der Waals surface area contributed by atoms with Gasteiger partial charge in [-0.3, -0.25) is 14.6 Å². The second-order valence-corrected chi connectivity index (χ2v) is 6.18. The van der Waals surface area contributed by atoms with E-state index in [4.69, 9.17) is 0 Å². The first-order chi connectivity index (χ1) is 9.72. The highest BCUT2D eigenvalue weighted by molar-refractivity contribution is 5.96. The number of amides is 3. The molecule has 0 aromatic rings. The van der Waals surface area contributed by atoms with Gasteiger partial charge in [0.25, 0.3) is 0 Å². The zero-order chi connectivity index (χ0) is 13.9. The largest absolute Gasteiger partial charge is 0.336 e. The van der Waals surface area contributed by atoms with Crippen molar-refractivity contribution in [2.45, 2.75) is 31.7 Å². The predicted molar refractivity (Wildman–Crippen MR) is 75.3 cm³/mol. The monoisotopic (exact) mass is 280 g/mol. The second kappa shape index (κ2) is 6.10.